The molecule has 2 aliphatic heterocycles. The molecule has 0 saturated carbocycles. The van der Waals surface area contributed by atoms with E-state index in [4.69, 9.17) is 0 Å². The molecule has 148 valence electrons. The van der Waals surface area contributed by atoms with Gasteiger partial charge in [0.1, 0.15) is 17.3 Å². The molecule has 6 nitrogen and oxygen atoms in total. The maximum Gasteiger partial charge on any atom is 0.274 e. The lowest BCUT2D eigenvalue weighted by Crippen LogP contribution is -2.35. The highest BCUT2D eigenvalue weighted by atomic mass is 16.1. The molecule has 2 fully saturated rings. The van der Waals surface area contributed by atoms with E-state index in [1.165, 1.54) is 24.9 Å². The molecule has 2 aliphatic rings. The minimum Gasteiger partial charge on any atom is -0.372 e. The summed E-state index contributed by atoms with van der Waals surface area (Å²) in [6.45, 7) is 8.31. The largest absolute Gasteiger partial charge is 0.372 e. The van der Waals surface area contributed by atoms with Crippen molar-refractivity contribution in [2.45, 2.75) is 39.5 Å². The number of hydrogen-bond donors (Lipinski definition) is 1. The summed E-state index contributed by atoms with van der Waals surface area (Å²) >= 11 is 0. The molecule has 6 heteroatoms. The smallest absolute Gasteiger partial charge is 0.274 e. The lowest BCUT2D eigenvalue weighted by Gasteiger charge is -2.32. The van der Waals surface area contributed by atoms with Crippen LogP contribution in [0.2, 0.25) is 0 Å². The van der Waals surface area contributed by atoms with Crippen LogP contribution < -0.4 is 15.1 Å². The van der Waals surface area contributed by atoms with E-state index in [2.05, 4.69) is 44.1 Å². The highest BCUT2D eigenvalue weighted by Crippen LogP contribution is 2.24. The molecule has 2 saturated heterocycles. The molecule has 28 heavy (non-hydrogen) atoms. The number of aromatic nitrogens is 2. The minimum atomic E-state index is -0.189. The first-order chi connectivity index (χ1) is 13.6. The van der Waals surface area contributed by atoms with Crippen LogP contribution >= 0.6 is 0 Å². The Balaban J connectivity index is 1.47. The normalized spacial score (nSPS) is 19.7. The van der Waals surface area contributed by atoms with E-state index < -0.39 is 0 Å². The van der Waals surface area contributed by atoms with E-state index in [1.807, 2.05) is 25.1 Å². The van der Waals surface area contributed by atoms with Gasteiger partial charge in [0.15, 0.2) is 0 Å². The van der Waals surface area contributed by atoms with Crippen molar-refractivity contribution in [3.8, 4) is 0 Å². The summed E-state index contributed by atoms with van der Waals surface area (Å²) in [6.07, 6.45) is 4.92. The number of amides is 1. The predicted octanol–water partition coefficient (Wildman–Crippen LogP) is 3.87. The Morgan fingerprint density at radius 3 is 2.46 bits per heavy atom. The molecular formula is C22H29N5O. The molecule has 1 unspecified atom stereocenters. The fourth-order valence-corrected chi connectivity index (χ4v) is 4.15. The zero-order valence-electron chi connectivity index (χ0n) is 16.8. The molecule has 1 amide bonds. The third kappa shape index (κ3) is 4.26. The van der Waals surface area contributed by atoms with Crippen molar-refractivity contribution in [1.29, 1.82) is 0 Å². The van der Waals surface area contributed by atoms with E-state index in [-0.39, 0.29) is 5.91 Å². The zero-order chi connectivity index (χ0) is 19.5. The monoisotopic (exact) mass is 379 g/mol. The van der Waals surface area contributed by atoms with Crippen LogP contribution in [0.3, 0.4) is 0 Å². The van der Waals surface area contributed by atoms with Gasteiger partial charge in [-0.25, -0.2) is 9.97 Å². The highest BCUT2D eigenvalue weighted by molar-refractivity contribution is 6.03. The van der Waals surface area contributed by atoms with Crippen molar-refractivity contribution in [2.24, 2.45) is 5.92 Å². The molecule has 1 aromatic carbocycles. The molecule has 0 spiro atoms. The van der Waals surface area contributed by atoms with E-state index in [1.54, 1.807) is 0 Å². The van der Waals surface area contributed by atoms with Crippen LogP contribution in [0.15, 0.2) is 30.3 Å². The molecule has 4 rings (SSSR count). The third-order valence-electron chi connectivity index (χ3n) is 5.63. The van der Waals surface area contributed by atoms with Gasteiger partial charge in [0.2, 0.25) is 0 Å². The first-order valence-electron chi connectivity index (χ1n) is 10.4. The standard InChI is InChI=1S/C22H29N5O/c1-16-6-5-13-27(15-16)21-14-20(23-17(2)24-21)22(28)25-18-7-9-19(10-8-18)26-11-3-4-12-26/h7-10,14,16H,3-6,11-13,15H2,1-2H3,(H,25,28). The fraction of sp³-hybridized carbons (Fsp3) is 0.500. The third-order valence-corrected chi connectivity index (χ3v) is 5.63. The molecule has 0 radical (unpaired) electrons. The summed E-state index contributed by atoms with van der Waals surface area (Å²) in [7, 11) is 0. The molecule has 1 atom stereocenters. The van der Waals surface area contributed by atoms with Crippen LogP contribution in [0, 0.1) is 12.8 Å². The Labute approximate surface area is 167 Å². The van der Waals surface area contributed by atoms with Crippen LogP contribution in [0.5, 0.6) is 0 Å². The number of carbonyl (C=O) groups excluding carboxylic acids is 1. The zero-order valence-corrected chi connectivity index (χ0v) is 16.8. The topological polar surface area (TPSA) is 61.4 Å². The first-order valence-corrected chi connectivity index (χ1v) is 10.4. The predicted molar refractivity (Wildman–Crippen MR) is 113 cm³/mol. The Morgan fingerprint density at radius 1 is 1.04 bits per heavy atom. The van der Waals surface area contributed by atoms with Crippen molar-refractivity contribution in [3.63, 3.8) is 0 Å². The highest BCUT2D eigenvalue weighted by Gasteiger charge is 2.20. The van der Waals surface area contributed by atoms with Gasteiger partial charge in [-0.05, 0) is 62.8 Å². The van der Waals surface area contributed by atoms with Gasteiger partial charge in [-0.2, -0.15) is 0 Å². The van der Waals surface area contributed by atoms with Crippen molar-refractivity contribution < 1.29 is 4.79 Å². The van der Waals surface area contributed by atoms with Crippen molar-refractivity contribution in [1.82, 2.24) is 9.97 Å². The molecule has 3 heterocycles. The molecule has 1 N–H and O–H groups in total. The number of carbonyl (C=O) groups is 1. The van der Waals surface area contributed by atoms with Crippen LogP contribution in [-0.4, -0.2) is 42.1 Å². The summed E-state index contributed by atoms with van der Waals surface area (Å²) in [5.74, 6) is 1.94. The fourth-order valence-electron chi connectivity index (χ4n) is 4.15. The van der Waals surface area contributed by atoms with Crippen LogP contribution in [-0.2, 0) is 0 Å². The average Bonchev–Trinajstić information content (AvgIpc) is 3.23. The summed E-state index contributed by atoms with van der Waals surface area (Å²) in [6, 6.07) is 9.90. The summed E-state index contributed by atoms with van der Waals surface area (Å²) < 4.78 is 0. The Bertz CT molecular complexity index is 829. The summed E-state index contributed by atoms with van der Waals surface area (Å²) in [4.78, 5) is 26.4. The van der Waals surface area contributed by atoms with Crippen molar-refractivity contribution in [3.05, 3.63) is 41.9 Å². The lowest BCUT2D eigenvalue weighted by molar-refractivity contribution is 0.102. The van der Waals surface area contributed by atoms with Gasteiger partial charge in [-0.3, -0.25) is 4.79 Å². The van der Waals surface area contributed by atoms with E-state index in [0.29, 0.717) is 17.4 Å². The number of benzene rings is 1. The van der Waals surface area contributed by atoms with Gasteiger partial charge in [0.25, 0.3) is 5.91 Å². The number of aryl methyl sites for hydroxylation is 1. The molecular weight excluding hydrogens is 350 g/mol. The maximum atomic E-state index is 12.8. The van der Waals surface area contributed by atoms with Gasteiger partial charge in [-0.15, -0.1) is 0 Å². The lowest BCUT2D eigenvalue weighted by atomic mass is 10.0. The van der Waals surface area contributed by atoms with Crippen molar-refractivity contribution >= 4 is 23.1 Å². The Kier molecular flexibility index (Phi) is 5.46. The molecule has 1 aromatic heterocycles. The number of hydrogen-bond acceptors (Lipinski definition) is 5. The van der Waals surface area contributed by atoms with Crippen LogP contribution in [0.25, 0.3) is 0 Å². The molecule has 0 bridgehead atoms. The number of nitrogens with one attached hydrogen (secondary N) is 1. The second kappa shape index (κ2) is 8.17. The quantitative estimate of drug-likeness (QED) is 0.874. The Morgan fingerprint density at radius 2 is 1.75 bits per heavy atom. The van der Waals surface area contributed by atoms with Gasteiger partial charge in [0, 0.05) is 43.6 Å². The number of piperidine rings is 1. The van der Waals surface area contributed by atoms with E-state index >= 15 is 0 Å². The second-order valence-corrected chi connectivity index (χ2v) is 8.05. The molecule has 2 aromatic rings. The maximum absolute atomic E-state index is 12.8. The Hall–Kier alpha value is -2.63. The number of anilines is 3. The van der Waals surface area contributed by atoms with Gasteiger partial charge in [0.05, 0.1) is 0 Å². The van der Waals surface area contributed by atoms with E-state index in [0.717, 1.165) is 44.1 Å². The van der Waals surface area contributed by atoms with Crippen molar-refractivity contribution in [2.75, 3.05) is 41.3 Å². The SMILES string of the molecule is Cc1nc(C(=O)Nc2ccc(N3CCCC3)cc2)cc(N2CCCC(C)C2)n1. The minimum absolute atomic E-state index is 0.189. The summed E-state index contributed by atoms with van der Waals surface area (Å²) in [5.41, 5.74) is 2.43. The molecule has 0 aliphatic carbocycles. The van der Waals surface area contributed by atoms with Crippen LogP contribution in [0.4, 0.5) is 17.2 Å². The number of nitrogens with zero attached hydrogens (tertiary/aromatic N) is 4. The number of rotatable bonds is 4. The van der Waals surface area contributed by atoms with E-state index in [9.17, 15) is 4.79 Å². The van der Waals surface area contributed by atoms with Gasteiger partial charge < -0.3 is 15.1 Å². The van der Waals surface area contributed by atoms with Gasteiger partial charge in [-0.1, -0.05) is 6.92 Å². The summed E-state index contributed by atoms with van der Waals surface area (Å²) in [5, 5.41) is 2.98. The average molecular weight is 380 g/mol. The second-order valence-electron chi connectivity index (χ2n) is 8.05. The van der Waals surface area contributed by atoms with Gasteiger partial charge >= 0.3 is 0 Å². The van der Waals surface area contributed by atoms with Crippen LogP contribution in [0.1, 0.15) is 48.9 Å². The first kappa shape index (κ1) is 18.7.